The molecule has 2 aromatic rings. The molecule has 140 valence electrons. The van der Waals surface area contributed by atoms with Gasteiger partial charge in [0.15, 0.2) is 0 Å². The van der Waals surface area contributed by atoms with Gasteiger partial charge in [-0.2, -0.15) is 0 Å². The molecule has 2 atom stereocenters. The number of nitrogens with one attached hydrogen (secondary N) is 1. The Bertz CT molecular complexity index is 675. The van der Waals surface area contributed by atoms with Gasteiger partial charge in [0.1, 0.15) is 12.4 Å². The quantitative estimate of drug-likeness (QED) is 0.602. The van der Waals surface area contributed by atoms with Crippen LogP contribution in [0.3, 0.4) is 0 Å². The first-order valence-electron chi connectivity index (χ1n) is 8.56. The molecule has 0 spiro atoms. The molecule has 0 bridgehead atoms. The lowest BCUT2D eigenvalue weighted by Crippen LogP contribution is -2.34. The third kappa shape index (κ3) is 6.48. The Morgan fingerprint density at radius 2 is 1.96 bits per heavy atom. The Hall–Kier alpha value is -2.41. The maximum Gasteiger partial charge on any atom is 0.222 e. The van der Waals surface area contributed by atoms with Gasteiger partial charge in [-0.15, -0.1) is 0 Å². The number of rotatable bonds is 10. The van der Waals surface area contributed by atoms with Crippen molar-refractivity contribution in [2.24, 2.45) is 5.73 Å². The number of ether oxygens (including phenoxy) is 2. The molecular weight excluding hydrogens is 332 g/mol. The molecule has 0 radical (unpaired) electrons. The summed E-state index contributed by atoms with van der Waals surface area (Å²) in [4.78, 5) is 11.9. The van der Waals surface area contributed by atoms with Crippen LogP contribution in [0.1, 0.15) is 23.7 Å². The fraction of sp³-hybridized carbons (Fsp3) is 0.350. The van der Waals surface area contributed by atoms with E-state index in [1.165, 1.54) is 7.11 Å². The molecule has 0 aliphatic rings. The largest absolute Gasteiger partial charge is 0.489 e. The molecule has 2 aromatic carbocycles. The minimum absolute atomic E-state index is 0.113. The summed E-state index contributed by atoms with van der Waals surface area (Å²) in [6, 6.07) is 17.1. The number of hydrogen-bond donors (Lipinski definition) is 3. The van der Waals surface area contributed by atoms with Crippen molar-refractivity contribution in [3.05, 3.63) is 65.7 Å². The van der Waals surface area contributed by atoms with Crippen molar-refractivity contribution in [2.75, 3.05) is 20.2 Å². The molecule has 0 aliphatic carbocycles. The average Bonchev–Trinajstić information content (AvgIpc) is 2.69. The van der Waals surface area contributed by atoms with Crippen LogP contribution in [-0.4, -0.2) is 37.3 Å². The van der Waals surface area contributed by atoms with Crippen molar-refractivity contribution < 1.29 is 19.4 Å². The number of hydrogen-bond acceptors (Lipinski definition) is 5. The van der Waals surface area contributed by atoms with E-state index in [-0.39, 0.29) is 31.5 Å². The predicted octanol–water partition coefficient (Wildman–Crippen LogP) is 1.78. The zero-order valence-corrected chi connectivity index (χ0v) is 14.9. The van der Waals surface area contributed by atoms with Crippen LogP contribution in [-0.2, 0) is 16.1 Å². The standard InChI is InChI=1S/C20H26N2O4/c1-25-18(12-21)11-20(24)22-13-19(23)16-8-5-9-17(10-16)26-14-15-6-3-2-4-7-15/h2-10,18-19,23H,11-14,21H2,1H3,(H,22,24). The Balaban J connectivity index is 1.85. The van der Waals surface area contributed by atoms with E-state index in [0.717, 1.165) is 5.56 Å². The summed E-state index contributed by atoms with van der Waals surface area (Å²) in [5.41, 5.74) is 7.24. The molecule has 6 heteroatoms. The average molecular weight is 358 g/mol. The number of methoxy groups -OCH3 is 1. The molecule has 0 saturated carbocycles. The van der Waals surface area contributed by atoms with Crippen molar-refractivity contribution in [3.63, 3.8) is 0 Å². The van der Waals surface area contributed by atoms with Gasteiger partial charge in [0.25, 0.3) is 0 Å². The summed E-state index contributed by atoms with van der Waals surface area (Å²) in [6.45, 7) is 0.837. The summed E-state index contributed by atoms with van der Waals surface area (Å²) in [5.74, 6) is 0.456. The molecule has 0 fully saturated rings. The zero-order chi connectivity index (χ0) is 18.8. The summed E-state index contributed by atoms with van der Waals surface area (Å²) >= 11 is 0. The minimum atomic E-state index is -0.821. The van der Waals surface area contributed by atoms with Crippen LogP contribution in [0.15, 0.2) is 54.6 Å². The number of amides is 1. The topological polar surface area (TPSA) is 93.8 Å². The summed E-state index contributed by atoms with van der Waals surface area (Å²) in [6.07, 6.45) is -0.972. The molecular formula is C20H26N2O4. The highest BCUT2D eigenvalue weighted by Crippen LogP contribution is 2.20. The molecule has 6 nitrogen and oxygen atoms in total. The number of benzene rings is 2. The molecule has 2 rings (SSSR count). The summed E-state index contributed by atoms with van der Waals surface area (Å²) < 4.78 is 10.8. The first kappa shape index (κ1) is 19.9. The van der Waals surface area contributed by atoms with E-state index in [0.29, 0.717) is 17.9 Å². The minimum Gasteiger partial charge on any atom is -0.489 e. The Morgan fingerprint density at radius 3 is 2.65 bits per heavy atom. The number of carbonyl (C=O) groups excluding carboxylic acids is 1. The molecule has 0 heterocycles. The lowest BCUT2D eigenvalue weighted by Gasteiger charge is -2.16. The first-order chi connectivity index (χ1) is 12.6. The second-order valence-electron chi connectivity index (χ2n) is 5.96. The maximum atomic E-state index is 11.9. The van der Waals surface area contributed by atoms with E-state index in [2.05, 4.69) is 5.32 Å². The lowest BCUT2D eigenvalue weighted by atomic mass is 10.1. The Kier molecular flexibility index (Phi) is 8.08. The molecule has 0 aliphatic heterocycles. The predicted molar refractivity (Wildman–Crippen MR) is 99.7 cm³/mol. The Morgan fingerprint density at radius 1 is 1.19 bits per heavy atom. The highest BCUT2D eigenvalue weighted by atomic mass is 16.5. The van der Waals surface area contributed by atoms with Crippen LogP contribution in [0, 0.1) is 0 Å². The Labute approximate surface area is 153 Å². The second-order valence-corrected chi connectivity index (χ2v) is 5.96. The van der Waals surface area contributed by atoms with Gasteiger partial charge in [-0.05, 0) is 23.3 Å². The van der Waals surface area contributed by atoms with E-state index in [9.17, 15) is 9.90 Å². The number of aliphatic hydroxyl groups is 1. The SMILES string of the molecule is COC(CN)CC(=O)NCC(O)c1cccc(OCc2ccccc2)c1. The van der Waals surface area contributed by atoms with Gasteiger partial charge >= 0.3 is 0 Å². The van der Waals surface area contributed by atoms with E-state index in [1.54, 1.807) is 12.1 Å². The molecule has 0 saturated heterocycles. The summed E-state index contributed by atoms with van der Waals surface area (Å²) in [7, 11) is 1.51. The molecule has 4 N–H and O–H groups in total. The monoisotopic (exact) mass is 358 g/mol. The maximum absolute atomic E-state index is 11.9. The van der Waals surface area contributed by atoms with Gasteiger partial charge in [-0.1, -0.05) is 42.5 Å². The zero-order valence-electron chi connectivity index (χ0n) is 14.9. The van der Waals surface area contributed by atoms with Crippen molar-refractivity contribution in [2.45, 2.75) is 25.2 Å². The normalized spacial score (nSPS) is 13.0. The highest BCUT2D eigenvalue weighted by molar-refractivity contribution is 5.76. The fourth-order valence-corrected chi connectivity index (χ4v) is 2.42. The van der Waals surface area contributed by atoms with E-state index < -0.39 is 6.10 Å². The van der Waals surface area contributed by atoms with E-state index >= 15 is 0 Å². The molecule has 26 heavy (non-hydrogen) atoms. The van der Waals surface area contributed by atoms with Gasteiger partial charge in [0.05, 0.1) is 18.6 Å². The van der Waals surface area contributed by atoms with Gasteiger partial charge < -0.3 is 25.6 Å². The van der Waals surface area contributed by atoms with Crippen molar-refractivity contribution in [3.8, 4) is 5.75 Å². The second kappa shape index (κ2) is 10.6. The first-order valence-corrected chi connectivity index (χ1v) is 8.56. The van der Waals surface area contributed by atoms with E-state index in [1.807, 2.05) is 42.5 Å². The van der Waals surface area contributed by atoms with Gasteiger partial charge in [-0.25, -0.2) is 0 Å². The smallest absolute Gasteiger partial charge is 0.222 e. The van der Waals surface area contributed by atoms with Crippen LogP contribution in [0.4, 0.5) is 0 Å². The van der Waals surface area contributed by atoms with Crippen molar-refractivity contribution in [1.82, 2.24) is 5.32 Å². The van der Waals surface area contributed by atoms with Gasteiger partial charge in [0.2, 0.25) is 5.91 Å². The highest BCUT2D eigenvalue weighted by Gasteiger charge is 2.14. The number of aliphatic hydroxyl groups excluding tert-OH is 1. The summed E-state index contributed by atoms with van der Waals surface area (Å²) in [5, 5.41) is 13.0. The van der Waals surface area contributed by atoms with Crippen LogP contribution in [0.25, 0.3) is 0 Å². The third-order valence-corrected chi connectivity index (χ3v) is 3.99. The molecule has 1 amide bonds. The molecule has 2 unspecified atom stereocenters. The third-order valence-electron chi connectivity index (χ3n) is 3.99. The van der Waals surface area contributed by atoms with Crippen molar-refractivity contribution >= 4 is 5.91 Å². The van der Waals surface area contributed by atoms with Gasteiger partial charge in [-0.3, -0.25) is 4.79 Å². The molecule has 0 aromatic heterocycles. The van der Waals surface area contributed by atoms with E-state index in [4.69, 9.17) is 15.2 Å². The van der Waals surface area contributed by atoms with Crippen LogP contribution < -0.4 is 15.8 Å². The van der Waals surface area contributed by atoms with Crippen LogP contribution in [0.5, 0.6) is 5.75 Å². The van der Waals surface area contributed by atoms with Crippen LogP contribution >= 0.6 is 0 Å². The fourth-order valence-electron chi connectivity index (χ4n) is 2.42. The number of carbonyl (C=O) groups is 1. The lowest BCUT2D eigenvalue weighted by molar-refractivity contribution is -0.123. The van der Waals surface area contributed by atoms with Crippen molar-refractivity contribution in [1.29, 1.82) is 0 Å². The van der Waals surface area contributed by atoms with Crippen LogP contribution in [0.2, 0.25) is 0 Å². The van der Waals surface area contributed by atoms with Gasteiger partial charge in [0, 0.05) is 20.2 Å². The number of nitrogens with two attached hydrogens (primary N) is 1.